The second-order valence-corrected chi connectivity index (χ2v) is 10.2. The van der Waals surface area contributed by atoms with Gasteiger partial charge >= 0.3 is 0 Å². The minimum absolute atomic E-state index is 0.131. The van der Waals surface area contributed by atoms with Gasteiger partial charge in [0.25, 0.3) is 0 Å². The molecule has 0 saturated carbocycles. The highest BCUT2D eigenvalue weighted by Gasteiger charge is 2.51. The van der Waals surface area contributed by atoms with Crippen LogP contribution < -0.4 is 5.14 Å². The van der Waals surface area contributed by atoms with Crippen molar-refractivity contribution in [2.24, 2.45) is 5.14 Å². The predicted molar refractivity (Wildman–Crippen MR) is 118 cm³/mol. The smallest absolute Gasteiger partial charge is 0.238 e. The van der Waals surface area contributed by atoms with Crippen molar-refractivity contribution in [3.63, 3.8) is 0 Å². The molecule has 2 aromatic rings. The van der Waals surface area contributed by atoms with Crippen molar-refractivity contribution in [1.29, 1.82) is 0 Å². The molecular formula is C20H28N4O12S. The van der Waals surface area contributed by atoms with Crippen molar-refractivity contribution < 1.29 is 58.4 Å². The third-order valence-corrected chi connectivity index (χ3v) is 7.20. The van der Waals surface area contributed by atoms with E-state index in [0.717, 1.165) is 4.68 Å². The first-order valence-electron chi connectivity index (χ1n) is 11.1. The summed E-state index contributed by atoms with van der Waals surface area (Å²) in [7, 11) is -3.93. The second kappa shape index (κ2) is 10.9. The molecule has 16 nitrogen and oxygen atoms in total. The molecule has 0 bridgehead atoms. The van der Waals surface area contributed by atoms with Crippen molar-refractivity contribution in [1.82, 2.24) is 15.0 Å². The molecule has 2 saturated heterocycles. The van der Waals surface area contributed by atoms with Crippen LogP contribution in [0.2, 0.25) is 0 Å². The van der Waals surface area contributed by atoms with E-state index in [0.29, 0.717) is 5.56 Å². The maximum Gasteiger partial charge on any atom is 0.238 e. The fourth-order valence-electron chi connectivity index (χ4n) is 4.23. The van der Waals surface area contributed by atoms with Crippen molar-refractivity contribution in [3.8, 4) is 11.3 Å². The van der Waals surface area contributed by atoms with Crippen molar-refractivity contribution in [3.05, 3.63) is 30.5 Å². The zero-order valence-corrected chi connectivity index (χ0v) is 19.9. The lowest BCUT2D eigenvalue weighted by Gasteiger charge is -2.46. The quantitative estimate of drug-likeness (QED) is 0.162. The molecule has 9 N–H and O–H groups in total. The molecule has 17 heteroatoms. The molecule has 0 spiro atoms. The Balaban J connectivity index is 1.56. The zero-order chi connectivity index (χ0) is 27.1. The van der Waals surface area contributed by atoms with E-state index < -0.39 is 84.6 Å². The SMILES string of the molecule is NS(=O)(=O)c1ccc(-c2cnnn2[C@@H]2O[C@H](CO)[C@@H](O[C@H]3O[C@H](CO)[C@@H](O)[C@H](O)[C@H]3O)[C@H](O)[C@H]2O)cc1. The normalized spacial score (nSPS) is 37.0. The van der Waals surface area contributed by atoms with Gasteiger partial charge < -0.3 is 50.0 Å². The van der Waals surface area contributed by atoms with Crippen LogP contribution in [0, 0.1) is 0 Å². The fourth-order valence-corrected chi connectivity index (χ4v) is 4.74. The molecule has 2 aliphatic rings. The van der Waals surface area contributed by atoms with Gasteiger partial charge in [-0.1, -0.05) is 17.3 Å². The Hall–Kier alpha value is -2.13. The number of primary sulfonamides is 1. The van der Waals surface area contributed by atoms with Gasteiger partial charge in [-0.05, 0) is 12.1 Å². The summed E-state index contributed by atoms with van der Waals surface area (Å²) in [5, 5.41) is 83.9. The number of rotatable bonds is 7. The maximum absolute atomic E-state index is 11.5. The Bertz CT molecular complexity index is 1160. The third kappa shape index (κ3) is 5.39. The molecule has 0 unspecified atom stereocenters. The Labute approximate surface area is 210 Å². The van der Waals surface area contributed by atoms with E-state index in [1.165, 1.54) is 30.5 Å². The lowest BCUT2D eigenvalue weighted by atomic mass is 9.96. The average molecular weight is 549 g/mol. The number of aliphatic hydroxyl groups excluding tert-OH is 7. The molecule has 2 fully saturated rings. The predicted octanol–water partition coefficient (Wildman–Crippen LogP) is -4.61. The zero-order valence-electron chi connectivity index (χ0n) is 19.1. The monoisotopic (exact) mass is 548 g/mol. The summed E-state index contributed by atoms with van der Waals surface area (Å²) in [5.74, 6) is 0. The van der Waals surface area contributed by atoms with Crippen LogP contribution in [-0.2, 0) is 24.2 Å². The molecule has 10 atom stereocenters. The summed E-state index contributed by atoms with van der Waals surface area (Å²) in [6, 6.07) is 5.37. The van der Waals surface area contributed by atoms with Gasteiger partial charge in [0.15, 0.2) is 12.5 Å². The van der Waals surface area contributed by atoms with Gasteiger partial charge in [0, 0.05) is 5.56 Å². The van der Waals surface area contributed by atoms with Crippen molar-refractivity contribution in [2.45, 2.75) is 66.2 Å². The van der Waals surface area contributed by atoms with E-state index in [1.54, 1.807) is 0 Å². The number of aromatic nitrogens is 3. The van der Waals surface area contributed by atoms with E-state index in [9.17, 15) is 44.2 Å². The molecule has 0 amide bonds. The number of nitrogens with zero attached hydrogens (tertiary/aromatic N) is 3. The maximum atomic E-state index is 11.5. The average Bonchev–Trinajstić information content (AvgIpc) is 3.36. The molecule has 0 aliphatic carbocycles. The van der Waals surface area contributed by atoms with Crippen LogP contribution in [0.4, 0.5) is 0 Å². The summed E-state index contributed by atoms with van der Waals surface area (Å²) < 4.78 is 40.7. The first-order valence-corrected chi connectivity index (χ1v) is 12.6. The number of hydrogen-bond donors (Lipinski definition) is 8. The Morgan fingerprint density at radius 3 is 2.14 bits per heavy atom. The molecule has 1 aromatic carbocycles. The fraction of sp³-hybridized carbons (Fsp3) is 0.600. The van der Waals surface area contributed by atoms with Crippen molar-refractivity contribution in [2.75, 3.05) is 13.2 Å². The van der Waals surface area contributed by atoms with Crippen LogP contribution >= 0.6 is 0 Å². The lowest BCUT2D eigenvalue weighted by molar-refractivity contribution is -0.347. The van der Waals surface area contributed by atoms with Crippen LogP contribution in [0.5, 0.6) is 0 Å². The number of ether oxygens (including phenoxy) is 3. The standard InChI is InChI=1S/C20H28N4O12S/c21-37(32,33)9-3-1-8(2-4-9)10-5-22-23-24(10)19-16(30)15(29)18(12(7-26)34-19)36-20-17(31)14(28)13(27)11(6-25)35-20/h1-5,11-20,25-31H,6-7H2,(H2,21,32,33)/t11-,12-,13-,14+,15-,16-,17-,18-,19-,20-/m1/s1. The van der Waals surface area contributed by atoms with Gasteiger partial charge in [-0.15, -0.1) is 5.10 Å². The first-order chi connectivity index (χ1) is 17.5. The van der Waals surface area contributed by atoms with Crippen LogP contribution in [0.3, 0.4) is 0 Å². The Morgan fingerprint density at radius 1 is 0.892 bits per heavy atom. The Kier molecular flexibility index (Phi) is 8.24. The van der Waals surface area contributed by atoms with Gasteiger partial charge in [0.1, 0.15) is 48.8 Å². The highest BCUT2D eigenvalue weighted by atomic mass is 32.2. The van der Waals surface area contributed by atoms with E-state index in [4.69, 9.17) is 19.3 Å². The summed E-state index contributed by atoms with van der Waals surface area (Å²) in [5.41, 5.74) is 0.685. The first kappa shape index (κ1) is 27.9. The number of nitrogens with two attached hydrogens (primary N) is 1. The van der Waals surface area contributed by atoms with Crippen molar-refractivity contribution >= 4 is 10.0 Å². The summed E-state index contributed by atoms with van der Waals surface area (Å²) in [6.07, 6.45) is -14.5. The van der Waals surface area contributed by atoms with Gasteiger partial charge in [0.05, 0.1) is 30.0 Å². The van der Waals surface area contributed by atoms with Gasteiger partial charge in [0.2, 0.25) is 10.0 Å². The minimum atomic E-state index is -3.93. The summed E-state index contributed by atoms with van der Waals surface area (Å²) in [6.45, 7) is -1.44. The number of sulfonamides is 1. The van der Waals surface area contributed by atoms with E-state index >= 15 is 0 Å². The lowest BCUT2D eigenvalue weighted by Crippen LogP contribution is -2.63. The molecule has 2 aliphatic heterocycles. The molecule has 206 valence electrons. The Morgan fingerprint density at radius 2 is 1.54 bits per heavy atom. The van der Waals surface area contributed by atoms with Crippen LogP contribution in [-0.4, -0.2) is 127 Å². The second-order valence-electron chi connectivity index (χ2n) is 8.66. The van der Waals surface area contributed by atoms with Crippen LogP contribution in [0.15, 0.2) is 35.4 Å². The number of benzene rings is 1. The molecule has 1 aromatic heterocycles. The van der Waals surface area contributed by atoms with Crippen LogP contribution in [0.25, 0.3) is 11.3 Å². The highest BCUT2D eigenvalue weighted by Crippen LogP contribution is 2.34. The number of aliphatic hydroxyl groups is 7. The molecular weight excluding hydrogens is 520 g/mol. The summed E-state index contributed by atoms with van der Waals surface area (Å²) in [4.78, 5) is -0.131. The topological polar surface area (TPSA) is 260 Å². The minimum Gasteiger partial charge on any atom is -0.394 e. The molecule has 0 radical (unpaired) electrons. The highest BCUT2D eigenvalue weighted by molar-refractivity contribution is 7.89. The number of hydrogen-bond acceptors (Lipinski definition) is 14. The van der Waals surface area contributed by atoms with Gasteiger partial charge in [-0.3, -0.25) is 0 Å². The van der Waals surface area contributed by atoms with Crippen LogP contribution in [0.1, 0.15) is 6.23 Å². The molecule has 37 heavy (non-hydrogen) atoms. The van der Waals surface area contributed by atoms with Gasteiger partial charge in [-0.25, -0.2) is 18.2 Å². The third-order valence-electron chi connectivity index (χ3n) is 6.27. The summed E-state index contributed by atoms with van der Waals surface area (Å²) >= 11 is 0. The molecule has 3 heterocycles. The van der Waals surface area contributed by atoms with E-state index in [2.05, 4.69) is 10.3 Å². The van der Waals surface area contributed by atoms with E-state index in [1.807, 2.05) is 0 Å². The van der Waals surface area contributed by atoms with Gasteiger partial charge in [-0.2, -0.15) is 0 Å². The van der Waals surface area contributed by atoms with E-state index in [-0.39, 0.29) is 10.6 Å². The largest absolute Gasteiger partial charge is 0.394 e. The molecule has 4 rings (SSSR count).